The molecule has 15 heteroatoms. The van der Waals surface area contributed by atoms with Gasteiger partial charge in [0, 0.05) is 31.1 Å². The van der Waals surface area contributed by atoms with E-state index >= 15 is 0 Å². The summed E-state index contributed by atoms with van der Waals surface area (Å²) < 4.78 is 14.4. The zero-order valence-corrected chi connectivity index (χ0v) is 30.3. The van der Waals surface area contributed by atoms with Gasteiger partial charge in [-0.25, -0.2) is 9.37 Å². The van der Waals surface area contributed by atoms with E-state index in [4.69, 9.17) is 0 Å². The van der Waals surface area contributed by atoms with Crippen molar-refractivity contribution in [2.45, 2.75) is 65.2 Å². The molecule has 0 unspecified atom stereocenters. The Labute approximate surface area is 300 Å². The van der Waals surface area contributed by atoms with Gasteiger partial charge in [0.05, 0.1) is 12.6 Å². The second kappa shape index (κ2) is 17.2. The highest BCUT2D eigenvalue weighted by Crippen LogP contribution is 2.23. The molecule has 0 saturated carbocycles. The van der Waals surface area contributed by atoms with E-state index in [1.807, 2.05) is 30.3 Å². The van der Waals surface area contributed by atoms with Crippen molar-refractivity contribution in [3.8, 4) is 0 Å². The van der Waals surface area contributed by atoms with Gasteiger partial charge in [-0.3, -0.25) is 28.8 Å². The number of thiazole rings is 1. The minimum absolute atomic E-state index is 0.0225. The van der Waals surface area contributed by atoms with Crippen molar-refractivity contribution in [3.63, 3.8) is 0 Å². The van der Waals surface area contributed by atoms with E-state index in [9.17, 15) is 33.2 Å². The van der Waals surface area contributed by atoms with Crippen LogP contribution in [0.1, 0.15) is 70.7 Å². The summed E-state index contributed by atoms with van der Waals surface area (Å²) >= 11 is 1.15. The number of nitrogens with zero attached hydrogens (tertiary/aromatic N) is 3. The smallest absolute Gasteiger partial charge is 0.271 e. The fourth-order valence-corrected chi connectivity index (χ4v) is 6.39. The number of nitrogens with one attached hydrogen (secondary N) is 4. The van der Waals surface area contributed by atoms with Gasteiger partial charge in [0.15, 0.2) is 0 Å². The molecule has 0 radical (unpaired) electrons. The predicted octanol–water partition coefficient (Wildman–Crippen LogP) is 2.37. The zero-order valence-electron chi connectivity index (χ0n) is 29.5. The number of benzene rings is 2. The topological polar surface area (TPSA) is 170 Å². The zero-order chi connectivity index (χ0) is 37.4. The van der Waals surface area contributed by atoms with Gasteiger partial charge in [-0.05, 0) is 62.4 Å². The van der Waals surface area contributed by atoms with Crippen molar-refractivity contribution < 1.29 is 33.2 Å². The molecule has 4 rings (SSSR count). The monoisotopic (exact) mass is 721 g/mol. The van der Waals surface area contributed by atoms with E-state index in [1.54, 1.807) is 20.8 Å². The lowest BCUT2D eigenvalue weighted by atomic mass is 10.0. The highest BCUT2D eigenvalue weighted by Gasteiger charge is 2.31. The Morgan fingerprint density at radius 2 is 1.65 bits per heavy atom. The maximum Gasteiger partial charge on any atom is 0.271 e. The van der Waals surface area contributed by atoms with Gasteiger partial charge in [0.1, 0.15) is 34.6 Å². The predicted molar refractivity (Wildman–Crippen MR) is 189 cm³/mol. The van der Waals surface area contributed by atoms with Gasteiger partial charge in [0.2, 0.25) is 23.6 Å². The van der Waals surface area contributed by atoms with Crippen molar-refractivity contribution in [2.24, 2.45) is 5.92 Å². The Hall–Kier alpha value is -5.18. The first-order valence-corrected chi connectivity index (χ1v) is 17.5. The average Bonchev–Trinajstić information content (AvgIpc) is 3.58. The number of carbonyl (C=O) groups excluding carboxylic acids is 6. The molecule has 2 heterocycles. The van der Waals surface area contributed by atoms with E-state index in [1.165, 1.54) is 48.2 Å². The fraction of sp³-hybridized carbons (Fsp3) is 0.417. The van der Waals surface area contributed by atoms with Crippen LogP contribution in [0.15, 0.2) is 53.9 Å². The van der Waals surface area contributed by atoms with Crippen LogP contribution in [0.4, 0.5) is 4.39 Å². The third-order valence-electron chi connectivity index (χ3n) is 8.38. The number of likely N-dealkylation sites (N-methyl/N-ethyl adjacent to an activating group) is 1. The van der Waals surface area contributed by atoms with Crippen LogP contribution >= 0.6 is 11.3 Å². The van der Waals surface area contributed by atoms with Crippen LogP contribution in [0.5, 0.6) is 0 Å². The SMILES string of the molecule is Cc1cc(F)cc(C(=O)N2CCN(C)C(=O)[C@@H](C)NC(=O)[C@H](C(C)C)NC(=O)[C@H](C)NC(=O)c3csc(n3)[C@H](Cc3ccccc3)NC(=O)C2)c1. The van der Waals surface area contributed by atoms with E-state index in [2.05, 4.69) is 26.3 Å². The number of rotatable bonds is 4. The summed E-state index contributed by atoms with van der Waals surface area (Å²) in [6, 6.07) is 9.44. The summed E-state index contributed by atoms with van der Waals surface area (Å²) in [6.45, 7) is 7.53. The lowest BCUT2D eigenvalue weighted by Crippen LogP contribution is -2.57. The minimum atomic E-state index is -1.04. The average molecular weight is 722 g/mol. The maximum atomic E-state index is 14.4. The lowest BCUT2D eigenvalue weighted by molar-refractivity contribution is -0.136. The molecule has 0 aliphatic carbocycles. The van der Waals surface area contributed by atoms with Gasteiger partial charge >= 0.3 is 0 Å². The van der Waals surface area contributed by atoms with Crippen molar-refractivity contribution in [2.75, 3.05) is 26.7 Å². The Balaban J connectivity index is 1.71. The first-order chi connectivity index (χ1) is 24.1. The molecule has 1 aliphatic rings. The van der Waals surface area contributed by atoms with Crippen LogP contribution in [0.2, 0.25) is 0 Å². The molecule has 0 fully saturated rings. The number of aromatic nitrogens is 1. The van der Waals surface area contributed by atoms with Gasteiger partial charge < -0.3 is 31.1 Å². The standard InChI is InChI=1S/C36H44FN7O6S/c1-20(2)30-33(48)39-23(5)35(49)43(6)12-13-44(36(50)25-14-21(3)15-26(37)17-25)18-29(45)40-27(16-24-10-8-7-9-11-24)34-41-28(19-51-34)32(47)38-22(4)31(46)42-30/h7-11,14-15,17,19-20,22-23,27,30H,12-13,16,18H2,1-6H3,(H,38,47)(H,39,48)(H,40,45)(H,42,46)/t22-,23+,27-,30-/m0/s1. The number of aryl methyl sites for hydroxylation is 1. The fourth-order valence-electron chi connectivity index (χ4n) is 5.54. The number of amides is 6. The third-order valence-corrected chi connectivity index (χ3v) is 9.34. The molecule has 4 N–H and O–H groups in total. The number of hydrogen-bond acceptors (Lipinski definition) is 8. The summed E-state index contributed by atoms with van der Waals surface area (Å²) in [4.78, 5) is 87.4. The molecule has 1 aromatic heterocycles. The highest BCUT2D eigenvalue weighted by molar-refractivity contribution is 7.09. The summed E-state index contributed by atoms with van der Waals surface area (Å²) in [5, 5.41) is 12.8. The Bertz CT molecular complexity index is 1750. The largest absolute Gasteiger partial charge is 0.345 e. The quantitative estimate of drug-likeness (QED) is 0.321. The highest BCUT2D eigenvalue weighted by atomic mass is 32.1. The molecule has 0 saturated heterocycles. The minimum Gasteiger partial charge on any atom is -0.345 e. The Kier molecular flexibility index (Phi) is 13.0. The van der Waals surface area contributed by atoms with Crippen LogP contribution in [-0.2, 0) is 25.6 Å². The molecule has 2 aromatic carbocycles. The third kappa shape index (κ3) is 10.4. The molecule has 3 aromatic rings. The second-order valence-electron chi connectivity index (χ2n) is 13.0. The second-order valence-corrected chi connectivity index (χ2v) is 13.9. The van der Waals surface area contributed by atoms with E-state index in [0.29, 0.717) is 17.0 Å². The van der Waals surface area contributed by atoms with Crippen molar-refractivity contribution in [1.29, 1.82) is 0 Å². The first kappa shape index (κ1) is 38.6. The van der Waals surface area contributed by atoms with Crippen LogP contribution in [-0.4, -0.2) is 95.0 Å². The summed E-state index contributed by atoms with van der Waals surface area (Å²) in [5.41, 5.74) is 1.45. The van der Waals surface area contributed by atoms with Crippen LogP contribution in [0, 0.1) is 18.7 Å². The summed E-state index contributed by atoms with van der Waals surface area (Å²) in [7, 11) is 1.50. The van der Waals surface area contributed by atoms with Crippen molar-refractivity contribution in [3.05, 3.63) is 87.1 Å². The van der Waals surface area contributed by atoms with Crippen LogP contribution in [0.25, 0.3) is 0 Å². The molecule has 0 spiro atoms. The molecule has 1 aliphatic heterocycles. The van der Waals surface area contributed by atoms with E-state index in [0.717, 1.165) is 23.0 Å². The molecule has 272 valence electrons. The maximum absolute atomic E-state index is 14.4. The van der Waals surface area contributed by atoms with Crippen molar-refractivity contribution >= 4 is 46.8 Å². The molecule has 6 amide bonds. The molecule has 51 heavy (non-hydrogen) atoms. The number of halogens is 1. The molecule has 4 atom stereocenters. The van der Waals surface area contributed by atoms with Gasteiger partial charge in [0.25, 0.3) is 11.8 Å². The molecule has 13 nitrogen and oxygen atoms in total. The summed E-state index contributed by atoms with van der Waals surface area (Å²) in [5.74, 6) is -4.47. The normalized spacial score (nSPS) is 21.7. The van der Waals surface area contributed by atoms with Gasteiger partial charge in [-0.1, -0.05) is 44.2 Å². The Morgan fingerprint density at radius 3 is 2.31 bits per heavy atom. The van der Waals surface area contributed by atoms with Gasteiger partial charge in [-0.2, -0.15) is 0 Å². The Morgan fingerprint density at radius 1 is 0.941 bits per heavy atom. The molecular formula is C36H44FN7O6S. The van der Waals surface area contributed by atoms with Crippen LogP contribution in [0.3, 0.4) is 0 Å². The first-order valence-electron chi connectivity index (χ1n) is 16.6. The van der Waals surface area contributed by atoms with Crippen LogP contribution < -0.4 is 21.3 Å². The van der Waals surface area contributed by atoms with E-state index in [-0.39, 0.29) is 30.3 Å². The number of hydrogen-bond donors (Lipinski definition) is 4. The lowest BCUT2D eigenvalue weighted by Gasteiger charge is -2.29. The number of carbonyl (C=O) groups is 6. The molecular weight excluding hydrogens is 678 g/mol. The van der Waals surface area contributed by atoms with E-state index < -0.39 is 72.0 Å². The van der Waals surface area contributed by atoms with Crippen molar-refractivity contribution in [1.82, 2.24) is 36.1 Å². The van der Waals surface area contributed by atoms with Gasteiger partial charge in [-0.15, -0.1) is 11.3 Å². The summed E-state index contributed by atoms with van der Waals surface area (Å²) in [6.07, 6.45) is 0.309. The molecule has 2 bridgehead atoms. The number of fused-ring (bicyclic) bond motifs is 2.